The number of aromatic nitrogens is 1. The van der Waals surface area contributed by atoms with Crippen LogP contribution in [0.15, 0.2) is 231 Å². The molecule has 0 unspecified atom stereocenters. The number of hydrogen-bond donors (Lipinski definition) is 0. The maximum Gasteiger partial charge on any atom is 0.137 e. The lowest BCUT2D eigenvalue weighted by molar-refractivity contribution is 1.18. The van der Waals surface area contributed by atoms with E-state index in [1.807, 2.05) is 12.3 Å². The molecule has 1 heterocycles. The molecule has 276 valence electrons. The molecule has 11 rings (SSSR count). The normalized spacial score (nSPS) is 11.4. The van der Waals surface area contributed by atoms with Crippen molar-refractivity contribution in [3.63, 3.8) is 0 Å². The zero-order valence-corrected chi connectivity index (χ0v) is 32.3. The molecule has 0 aliphatic carbocycles. The fourth-order valence-electron chi connectivity index (χ4n) is 9.00. The van der Waals surface area contributed by atoms with Gasteiger partial charge >= 0.3 is 0 Å². The number of hydrogen-bond acceptors (Lipinski definition) is 2. The molecule has 59 heavy (non-hydrogen) atoms. The quantitative estimate of drug-likeness (QED) is 0.119. The van der Waals surface area contributed by atoms with Gasteiger partial charge in [0.15, 0.2) is 0 Å². The lowest BCUT2D eigenvalue weighted by Gasteiger charge is -2.26. The smallest absolute Gasteiger partial charge is 0.137 e. The van der Waals surface area contributed by atoms with Crippen molar-refractivity contribution in [2.75, 3.05) is 4.90 Å². The van der Waals surface area contributed by atoms with Crippen molar-refractivity contribution in [2.24, 2.45) is 0 Å². The monoisotopic (exact) mass is 750 g/mol. The van der Waals surface area contributed by atoms with Gasteiger partial charge in [-0.2, -0.15) is 0 Å². The SMILES string of the molecule is c1ccc(-c2cc(-c3ccccc3)cc(N(c3ccc(-c4c5ccccc5c(-c5cc6ccccc6c6ccccc56)c5ccccc45)cc3)c3ccccn3)c2)cc1. The Morgan fingerprint density at radius 1 is 0.288 bits per heavy atom. The first kappa shape index (κ1) is 34.4. The number of nitrogens with zero attached hydrogens (tertiary/aromatic N) is 2. The Bertz CT molecular complexity index is 3190. The summed E-state index contributed by atoms with van der Waals surface area (Å²) in [7, 11) is 0. The highest BCUT2D eigenvalue weighted by Gasteiger charge is 2.21. The standard InChI is InChI=1S/C57H38N2/c1-3-17-39(18-4-1)43-35-44(40-19-5-2-6-20-40)37-46(36-43)59(55-29-15-16-34-58-55)45-32-30-41(31-33-45)56-50-25-11-13-27-52(50)57(53-28-14-12-26-51(53)56)54-38-42-21-7-8-22-47(42)48-23-9-10-24-49(48)54/h1-38H. The maximum absolute atomic E-state index is 4.90. The summed E-state index contributed by atoms with van der Waals surface area (Å²) < 4.78 is 0. The van der Waals surface area contributed by atoms with Gasteiger partial charge < -0.3 is 0 Å². The van der Waals surface area contributed by atoms with Crippen molar-refractivity contribution in [3.8, 4) is 44.5 Å². The number of rotatable bonds is 7. The van der Waals surface area contributed by atoms with E-state index in [0.717, 1.165) is 28.3 Å². The predicted octanol–water partition coefficient (Wildman–Crippen LogP) is 15.8. The third-order valence-electron chi connectivity index (χ3n) is 11.7. The van der Waals surface area contributed by atoms with Gasteiger partial charge in [-0.1, -0.05) is 176 Å². The van der Waals surface area contributed by atoms with Crippen molar-refractivity contribution in [1.29, 1.82) is 0 Å². The zero-order valence-electron chi connectivity index (χ0n) is 32.3. The fourth-order valence-corrected chi connectivity index (χ4v) is 9.00. The second kappa shape index (κ2) is 14.6. The van der Waals surface area contributed by atoms with Crippen molar-refractivity contribution in [2.45, 2.75) is 0 Å². The molecule has 0 bridgehead atoms. The number of fused-ring (bicyclic) bond motifs is 5. The van der Waals surface area contributed by atoms with Crippen molar-refractivity contribution in [3.05, 3.63) is 231 Å². The zero-order chi connectivity index (χ0) is 39.1. The second-order valence-electron chi connectivity index (χ2n) is 15.1. The van der Waals surface area contributed by atoms with Gasteiger partial charge in [0.2, 0.25) is 0 Å². The third kappa shape index (κ3) is 6.10. The summed E-state index contributed by atoms with van der Waals surface area (Å²) in [5.74, 6) is 0.854. The summed E-state index contributed by atoms with van der Waals surface area (Å²) in [5, 5.41) is 10.0. The topological polar surface area (TPSA) is 16.1 Å². The molecule has 0 spiro atoms. The van der Waals surface area contributed by atoms with Crippen LogP contribution in [-0.2, 0) is 0 Å². The Morgan fingerprint density at radius 2 is 0.780 bits per heavy atom. The summed E-state index contributed by atoms with van der Waals surface area (Å²) in [6.45, 7) is 0. The van der Waals surface area contributed by atoms with Crippen LogP contribution < -0.4 is 4.90 Å². The molecule has 0 aliphatic heterocycles. The maximum atomic E-state index is 4.90. The summed E-state index contributed by atoms with van der Waals surface area (Å²) in [6, 6.07) is 81.1. The molecule has 2 heteroatoms. The van der Waals surface area contributed by atoms with E-state index < -0.39 is 0 Å². The molecule has 0 saturated heterocycles. The molecule has 0 fully saturated rings. The minimum absolute atomic E-state index is 0.854. The van der Waals surface area contributed by atoms with E-state index in [2.05, 4.69) is 223 Å². The Labute approximate surface area is 343 Å². The van der Waals surface area contributed by atoms with Gasteiger partial charge in [-0.05, 0) is 136 Å². The molecule has 0 atom stereocenters. The number of benzene rings is 10. The Kier molecular flexibility index (Phi) is 8.52. The fraction of sp³-hybridized carbons (Fsp3) is 0. The predicted molar refractivity (Wildman–Crippen MR) is 251 cm³/mol. The lowest BCUT2D eigenvalue weighted by atomic mass is 9.84. The largest absolute Gasteiger partial charge is 0.295 e. The molecule has 1 aromatic heterocycles. The molecule has 0 saturated carbocycles. The van der Waals surface area contributed by atoms with E-state index in [-0.39, 0.29) is 0 Å². The van der Waals surface area contributed by atoms with Gasteiger partial charge in [-0.15, -0.1) is 0 Å². The summed E-state index contributed by atoms with van der Waals surface area (Å²) >= 11 is 0. The Balaban J connectivity index is 1.10. The second-order valence-corrected chi connectivity index (χ2v) is 15.1. The first-order chi connectivity index (χ1) is 29.3. The summed E-state index contributed by atoms with van der Waals surface area (Å²) in [5.41, 5.74) is 11.6. The summed E-state index contributed by atoms with van der Waals surface area (Å²) in [6.07, 6.45) is 1.87. The van der Waals surface area contributed by atoms with Gasteiger partial charge in [0, 0.05) is 17.6 Å². The molecule has 2 nitrogen and oxygen atoms in total. The molecule has 0 N–H and O–H groups in total. The molecular formula is C57H38N2. The van der Waals surface area contributed by atoms with Crippen LogP contribution in [0.25, 0.3) is 87.6 Å². The first-order valence-electron chi connectivity index (χ1n) is 20.2. The van der Waals surface area contributed by atoms with Crippen LogP contribution in [0.2, 0.25) is 0 Å². The molecular weight excluding hydrogens is 713 g/mol. The molecule has 11 aromatic rings. The van der Waals surface area contributed by atoms with Crippen LogP contribution in [0.1, 0.15) is 0 Å². The average Bonchev–Trinajstić information content (AvgIpc) is 3.32. The highest BCUT2D eigenvalue weighted by atomic mass is 15.2. The minimum Gasteiger partial charge on any atom is -0.295 e. The van der Waals surface area contributed by atoms with Gasteiger partial charge in [0.1, 0.15) is 5.82 Å². The van der Waals surface area contributed by atoms with Crippen LogP contribution in [0.3, 0.4) is 0 Å². The van der Waals surface area contributed by atoms with E-state index in [1.165, 1.54) is 76.5 Å². The third-order valence-corrected chi connectivity index (χ3v) is 11.7. The first-order valence-corrected chi connectivity index (χ1v) is 20.2. The van der Waals surface area contributed by atoms with E-state index in [4.69, 9.17) is 4.98 Å². The van der Waals surface area contributed by atoms with Crippen LogP contribution in [-0.4, -0.2) is 4.98 Å². The van der Waals surface area contributed by atoms with Gasteiger partial charge in [-0.3, -0.25) is 4.90 Å². The Hall–Kier alpha value is -7.81. The Morgan fingerprint density at radius 3 is 1.36 bits per heavy atom. The van der Waals surface area contributed by atoms with Crippen LogP contribution in [0.4, 0.5) is 17.2 Å². The minimum atomic E-state index is 0.854. The number of anilines is 3. The highest BCUT2D eigenvalue weighted by Crippen LogP contribution is 2.47. The molecule has 0 amide bonds. The molecule has 10 aromatic carbocycles. The van der Waals surface area contributed by atoms with E-state index in [1.54, 1.807) is 0 Å². The summed E-state index contributed by atoms with van der Waals surface area (Å²) in [4.78, 5) is 7.17. The van der Waals surface area contributed by atoms with E-state index in [9.17, 15) is 0 Å². The van der Waals surface area contributed by atoms with Gasteiger partial charge in [0.05, 0.1) is 0 Å². The van der Waals surface area contributed by atoms with Crippen molar-refractivity contribution < 1.29 is 0 Å². The van der Waals surface area contributed by atoms with Gasteiger partial charge in [0.25, 0.3) is 0 Å². The lowest BCUT2D eigenvalue weighted by Crippen LogP contribution is -2.11. The van der Waals surface area contributed by atoms with E-state index in [0.29, 0.717) is 0 Å². The average molecular weight is 751 g/mol. The van der Waals surface area contributed by atoms with Crippen molar-refractivity contribution >= 4 is 60.3 Å². The van der Waals surface area contributed by atoms with Crippen LogP contribution in [0, 0.1) is 0 Å². The molecule has 0 radical (unpaired) electrons. The number of pyridine rings is 1. The van der Waals surface area contributed by atoms with Gasteiger partial charge in [-0.25, -0.2) is 4.98 Å². The van der Waals surface area contributed by atoms with Crippen LogP contribution in [0.5, 0.6) is 0 Å². The van der Waals surface area contributed by atoms with Crippen LogP contribution >= 0.6 is 0 Å². The highest BCUT2D eigenvalue weighted by molar-refractivity contribution is 6.25. The molecule has 0 aliphatic rings. The van der Waals surface area contributed by atoms with E-state index >= 15 is 0 Å². The van der Waals surface area contributed by atoms with Crippen molar-refractivity contribution in [1.82, 2.24) is 4.98 Å².